The van der Waals surface area contributed by atoms with E-state index >= 15 is 0 Å². The molecule has 100 valence electrons. The Morgan fingerprint density at radius 3 is 2.29 bits per heavy atom. The number of ether oxygens (including phenoxy) is 1. The van der Waals surface area contributed by atoms with E-state index in [1.165, 1.54) is 64.2 Å². The third kappa shape index (κ3) is 3.45. The molecule has 0 saturated heterocycles. The summed E-state index contributed by atoms with van der Waals surface area (Å²) >= 11 is 0. The van der Waals surface area contributed by atoms with Gasteiger partial charge < -0.3 is 10.1 Å². The van der Waals surface area contributed by atoms with E-state index in [1.54, 1.807) is 0 Å². The van der Waals surface area contributed by atoms with Crippen LogP contribution in [0.3, 0.4) is 0 Å². The Morgan fingerprint density at radius 2 is 1.82 bits per heavy atom. The van der Waals surface area contributed by atoms with E-state index in [-0.39, 0.29) is 5.60 Å². The van der Waals surface area contributed by atoms with Gasteiger partial charge in [-0.3, -0.25) is 0 Å². The third-order valence-electron chi connectivity index (χ3n) is 4.90. The molecule has 2 aliphatic rings. The van der Waals surface area contributed by atoms with Crippen LogP contribution in [0.25, 0.3) is 0 Å². The van der Waals surface area contributed by atoms with Crippen LogP contribution in [-0.2, 0) is 4.74 Å². The molecule has 1 N–H and O–H groups in total. The molecule has 0 aromatic heterocycles. The molecule has 0 aromatic carbocycles. The molecule has 2 aliphatic carbocycles. The van der Waals surface area contributed by atoms with Crippen molar-refractivity contribution in [3.8, 4) is 0 Å². The predicted octanol–water partition coefficient (Wildman–Crippen LogP) is 3.50. The Hall–Kier alpha value is -0.0800. The molecule has 1 atom stereocenters. The quantitative estimate of drug-likeness (QED) is 0.716. The lowest BCUT2D eigenvalue weighted by atomic mass is 9.83. The topological polar surface area (TPSA) is 21.3 Å². The molecule has 2 saturated carbocycles. The summed E-state index contributed by atoms with van der Waals surface area (Å²) in [7, 11) is 4.04. The fraction of sp³-hybridized carbons (Fsp3) is 1.00. The third-order valence-corrected chi connectivity index (χ3v) is 4.90. The molecule has 0 aromatic rings. The van der Waals surface area contributed by atoms with Crippen molar-refractivity contribution in [3.05, 3.63) is 0 Å². The molecule has 2 nitrogen and oxygen atoms in total. The van der Waals surface area contributed by atoms with Crippen molar-refractivity contribution in [2.75, 3.05) is 14.2 Å². The number of hydrogen-bond acceptors (Lipinski definition) is 2. The van der Waals surface area contributed by atoms with Gasteiger partial charge in [-0.15, -0.1) is 0 Å². The van der Waals surface area contributed by atoms with E-state index in [0.29, 0.717) is 6.04 Å². The van der Waals surface area contributed by atoms with Gasteiger partial charge in [0.15, 0.2) is 0 Å². The fourth-order valence-corrected chi connectivity index (χ4v) is 3.50. The maximum atomic E-state index is 6.00. The molecule has 0 spiro atoms. The van der Waals surface area contributed by atoms with E-state index < -0.39 is 0 Å². The van der Waals surface area contributed by atoms with Crippen LogP contribution in [0.5, 0.6) is 0 Å². The highest BCUT2D eigenvalue weighted by Gasteiger charge is 2.38. The minimum absolute atomic E-state index is 0.125. The Balaban J connectivity index is 1.94. The van der Waals surface area contributed by atoms with Gasteiger partial charge >= 0.3 is 0 Å². The molecule has 2 rings (SSSR count). The van der Waals surface area contributed by atoms with Crippen LogP contribution in [0, 0.1) is 5.92 Å². The summed E-state index contributed by atoms with van der Waals surface area (Å²) in [5, 5.41) is 3.55. The molecular formula is C15H29NO. The van der Waals surface area contributed by atoms with Crippen LogP contribution in [0.1, 0.15) is 64.2 Å². The SMILES string of the molecule is CNC(CCC1CC1)C1(OC)CCCCCC1. The first-order chi connectivity index (χ1) is 8.30. The summed E-state index contributed by atoms with van der Waals surface area (Å²) in [5.41, 5.74) is 0.125. The standard InChI is InChI=1S/C15H29NO/c1-16-14(10-9-13-7-8-13)15(17-2)11-5-3-4-6-12-15/h13-14,16H,3-12H2,1-2H3. The molecule has 2 heteroatoms. The van der Waals surface area contributed by atoms with Gasteiger partial charge in [0, 0.05) is 13.2 Å². The van der Waals surface area contributed by atoms with Gasteiger partial charge in [0.05, 0.1) is 5.60 Å². The number of methoxy groups -OCH3 is 1. The lowest BCUT2D eigenvalue weighted by Gasteiger charge is -2.39. The molecular weight excluding hydrogens is 210 g/mol. The first-order valence-corrected chi connectivity index (χ1v) is 7.53. The van der Waals surface area contributed by atoms with Crippen molar-refractivity contribution < 1.29 is 4.74 Å². The predicted molar refractivity (Wildman–Crippen MR) is 72.2 cm³/mol. The molecule has 17 heavy (non-hydrogen) atoms. The second kappa shape index (κ2) is 6.19. The zero-order chi connectivity index (χ0) is 12.1. The molecule has 0 bridgehead atoms. The van der Waals surface area contributed by atoms with Gasteiger partial charge in [0.2, 0.25) is 0 Å². The van der Waals surface area contributed by atoms with Crippen molar-refractivity contribution in [2.24, 2.45) is 5.92 Å². The summed E-state index contributed by atoms with van der Waals surface area (Å²) in [5.74, 6) is 1.03. The fourth-order valence-electron chi connectivity index (χ4n) is 3.50. The zero-order valence-electron chi connectivity index (χ0n) is 11.6. The molecule has 1 unspecified atom stereocenters. The van der Waals surface area contributed by atoms with Gasteiger partial charge in [-0.25, -0.2) is 0 Å². The number of rotatable bonds is 6. The minimum Gasteiger partial charge on any atom is -0.377 e. The van der Waals surface area contributed by atoms with E-state index in [9.17, 15) is 0 Å². The minimum atomic E-state index is 0.125. The normalized spacial score (nSPS) is 26.5. The van der Waals surface area contributed by atoms with Crippen LogP contribution < -0.4 is 5.32 Å². The second-order valence-corrected chi connectivity index (χ2v) is 6.05. The Morgan fingerprint density at radius 1 is 1.18 bits per heavy atom. The lowest BCUT2D eigenvalue weighted by molar-refractivity contribution is -0.0536. The Labute approximate surface area is 107 Å². The van der Waals surface area contributed by atoms with Crippen molar-refractivity contribution in [1.82, 2.24) is 5.32 Å². The molecule has 2 fully saturated rings. The van der Waals surface area contributed by atoms with Crippen molar-refractivity contribution >= 4 is 0 Å². The van der Waals surface area contributed by atoms with Gasteiger partial charge in [0.1, 0.15) is 0 Å². The highest BCUT2D eigenvalue weighted by Crippen LogP contribution is 2.38. The molecule has 0 heterocycles. The number of likely N-dealkylation sites (N-methyl/N-ethyl adjacent to an activating group) is 1. The van der Waals surface area contributed by atoms with Crippen LogP contribution in [-0.4, -0.2) is 25.8 Å². The van der Waals surface area contributed by atoms with Crippen molar-refractivity contribution in [1.29, 1.82) is 0 Å². The Bertz CT molecular complexity index is 217. The van der Waals surface area contributed by atoms with Crippen LogP contribution in [0.4, 0.5) is 0 Å². The summed E-state index contributed by atoms with van der Waals surface area (Å²) in [4.78, 5) is 0. The van der Waals surface area contributed by atoms with Gasteiger partial charge in [-0.2, -0.15) is 0 Å². The van der Waals surface area contributed by atoms with Gasteiger partial charge in [-0.05, 0) is 38.6 Å². The highest BCUT2D eigenvalue weighted by molar-refractivity contribution is 4.94. The van der Waals surface area contributed by atoms with E-state index in [4.69, 9.17) is 4.74 Å². The monoisotopic (exact) mass is 239 g/mol. The summed E-state index contributed by atoms with van der Waals surface area (Å²) in [6.45, 7) is 0. The van der Waals surface area contributed by atoms with Gasteiger partial charge in [0.25, 0.3) is 0 Å². The maximum absolute atomic E-state index is 6.00. The average Bonchev–Trinajstić information content (AvgIpc) is 3.16. The second-order valence-electron chi connectivity index (χ2n) is 6.05. The Kier molecular flexibility index (Phi) is 4.87. The molecule has 0 radical (unpaired) electrons. The van der Waals surface area contributed by atoms with E-state index in [0.717, 1.165) is 5.92 Å². The van der Waals surface area contributed by atoms with Crippen LogP contribution in [0.2, 0.25) is 0 Å². The smallest absolute Gasteiger partial charge is 0.0830 e. The van der Waals surface area contributed by atoms with E-state index in [1.807, 2.05) is 7.11 Å². The summed E-state index contributed by atoms with van der Waals surface area (Å²) in [6, 6.07) is 0.561. The van der Waals surface area contributed by atoms with Gasteiger partial charge in [-0.1, -0.05) is 38.5 Å². The van der Waals surface area contributed by atoms with Crippen molar-refractivity contribution in [3.63, 3.8) is 0 Å². The zero-order valence-corrected chi connectivity index (χ0v) is 11.6. The first kappa shape index (κ1) is 13.4. The molecule has 0 amide bonds. The highest BCUT2D eigenvalue weighted by atomic mass is 16.5. The maximum Gasteiger partial charge on any atom is 0.0830 e. The largest absolute Gasteiger partial charge is 0.377 e. The van der Waals surface area contributed by atoms with Crippen molar-refractivity contribution in [2.45, 2.75) is 75.9 Å². The van der Waals surface area contributed by atoms with Crippen LogP contribution >= 0.6 is 0 Å². The van der Waals surface area contributed by atoms with E-state index in [2.05, 4.69) is 12.4 Å². The first-order valence-electron chi connectivity index (χ1n) is 7.53. The summed E-state index contributed by atoms with van der Waals surface area (Å²) < 4.78 is 6.00. The molecule has 0 aliphatic heterocycles. The lowest BCUT2D eigenvalue weighted by Crippen LogP contribution is -2.50. The number of nitrogens with one attached hydrogen (secondary N) is 1. The average molecular weight is 239 g/mol. The summed E-state index contributed by atoms with van der Waals surface area (Å²) in [6.07, 6.45) is 13.6. The number of hydrogen-bond donors (Lipinski definition) is 1. The van der Waals surface area contributed by atoms with Crippen LogP contribution in [0.15, 0.2) is 0 Å².